The Morgan fingerprint density at radius 3 is 2.62 bits per heavy atom. The molecule has 2 N–H and O–H groups in total. The topological polar surface area (TPSA) is 82.6 Å². The van der Waals surface area contributed by atoms with Gasteiger partial charge < -0.3 is 20.3 Å². The van der Waals surface area contributed by atoms with Gasteiger partial charge >= 0.3 is 6.03 Å². The van der Waals surface area contributed by atoms with Crippen LogP contribution in [-0.4, -0.2) is 58.8 Å². The lowest BCUT2D eigenvalue weighted by Crippen LogP contribution is -2.44. The summed E-state index contributed by atoms with van der Waals surface area (Å²) in [6.45, 7) is 6.20. The number of anilines is 2. The van der Waals surface area contributed by atoms with Crippen molar-refractivity contribution in [3.63, 3.8) is 0 Å². The van der Waals surface area contributed by atoms with E-state index in [1.54, 1.807) is 0 Å². The summed E-state index contributed by atoms with van der Waals surface area (Å²) in [4.78, 5) is 27.0. The van der Waals surface area contributed by atoms with Crippen molar-refractivity contribution in [3.05, 3.63) is 35.5 Å². The van der Waals surface area contributed by atoms with E-state index < -0.39 is 0 Å². The van der Waals surface area contributed by atoms with E-state index in [2.05, 4.69) is 39.5 Å². The van der Waals surface area contributed by atoms with Crippen LogP contribution in [0.3, 0.4) is 0 Å². The van der Waals surface area contributed by atoms with Gasteiger partial charge in [-0.1, -0.05) is 12.1 Å². The van der Waals surface area contributed by atoms with E-state index in [0.717, 1.165) is 61.1 Å². The lowest BCUT2D eigenvalue weighted by atomic mass is 10.1. The molecule has 168 valence electrons. The number of amides is 2. The molecule has 1 aromatic carbocycles. The molecule has 32 heavy (non-hydrogen) atoms. The minimum atomic E-state index is -0.133. The van der Waals surface area contributed by atoms with Crippen molar-refractivity contribution in [2.24, 2.45) is 0 Å². The van der Waals surface area contributed by atoms with E-state index >= 15 is 0 Å². The van der Waals surface area contributed by atoms with Crippen LogP contribution in [0.15, 0.2) is 24.3 Å². The third-order valence-electron chi connectivity index (χ3n) is 6.81. The summed E-state index contributed by atoms with van der Waals surface area (Å²) in [6.07, 6.45) is 4.72. The van der Waals surface area contributed by atoms with Gasteiger partial charge in [0.2, 0.25) is 5.95 Å². The minimum absolute atomic E-state index is 0.133. The summed E-state index contributed by atoms with van der Waals surface area (Å²) in [6, 6.07) is 9.19. The number of nitrogens with zero attached hydrogens (tertiary/aromatic N) is 4. The molecule has 1 saturated heterocycles. The van der Waals surface area contributed by atoms with E-state index in [1.807, 2.05) is 12.1 Å². The SMILES string of the molecule is CC1COCCN1c1nc2c(c(-c3ccc(NC(=O)NC4CC4)cc3)n1)CN(C1CC1)C2. The molecule has 1 atom stereocenters. The summed E-state index contributed by atoms with van der Waals surface area (Å²) < 4.78 is 5.63. The molecule has 3 fully saturated rings. The maximum Gasteiger partial charge on any atom is 0.319 e. The number of urea groups is 1. The highest BCUT2D eigenvalue weighted by atomic mass is 16.5. The van der Waals surface area contributed by atoms with Gasteiger partial charge in [0.15, 0.2) is 0 Å². The molecule has 0 bridgehead atoms. The molecule has 2 amide bonds. The number of nitrogens with one attached hydrogen (secondary N) is 2. The summed E-state index contributed by atoms with van der Waals surface area (Å²) in [5.74, 6) is 0.804. The fourth-order valence-corrected chi connectivity index (χ4v) is 4.65. The zero-order chi connectivity index (χ0) is 21.7. The molecule has 2 aliphatic carbocycles. The quantitative estimate of drug-likeness (QED) is 0.752. The van der Waals surface area contributed by atoms with Gasteiger partial charge in [-0.2, -0.15) is 0 Å². The maximum absolute atomic E-state index is 12.1. The first kappa shape index (κ1) is 19.9. The molecule has 3 heterocycles. The first-order valence-corrected chi connectivity index (χ1v) is 11.8. The Bertz CT molecular complexity index is 1020. The Morgan fingerprint density at radius 2 is 1.91 bits per heavy atom. The molecule has 0 spiro atoms. The molecule has 6 rings (SSSR count). The third kappa shape index (κ3) is 4.04. The number of hydrogen-bond acceptors (Lipinski definition) is 6. The monoisotopic (exact) mass is 434 g/mol. The zero-order valence-electron chi connectivity index (χ0n) is 18.5. The van der Waals surface area contributed by atoms with E-state index in [1.165, 1.54) is 18.4 Å². The van der Waals surface area contributed by atoms with Gasteiger partial charge in [-0.15, -0.1) is 0 Å². The Balaban J connectivity index is 1.30. The second-order valence-electron chi connectivity index (χ2n) is 9.50. The van der Waals surface area contributed by atoms with Gasteiger partial charge in [-0.25, -0.2) is 14.8 Å². The van der Waals surface area contributed by atoms with Crippen molar-refractivity contribution in [2.75, 3.05) is 30.0 Å². The number of hydrogen-bond donors (Lipinski definition) is 2. The Hall–Kier alpha value is -2.71. The van der Waals surface area contributed by atoms with Gasteiger partial charge in [0, 0.05) is 48.5 Å². The molecule has 2 aromatic rings. The van der Waals surface area contributed by atoms with Crippen molar-refractivity contribution >= 4 is 17.7 Å². The van der Waals surface area contributed by atoms with Gasteiger partial charge in [-0.3, -0.25) is 4.90 Å². The average molecular weight is 435 g/mol. The van der Waals surface area contributed by atoms with Gasteiger partial charge in [0.25, 0.3) is 0 Å². The number of carbonyl (C=O) groups is 1. The van der Waals surface area contributed by atoms with E-state index in [9.17, 15) is 4.79 Å². The van der Waals surface area contributed by atoms with E-state index in [0.29, 0.717) is 25.3 Å². The number of fused-ring (bicyclic) bond motifs is 1. The van der Waals surface area contributed by atoms with Crippen LogP contribution in [0.4, 0.5) is 16.4 Å². The van der Waals surface area contributed by atoms with Crippen molar-refractivity contribution in [1.82, 2.24) is 20.2 Å². The average Bonchev–Trinajstić information content (AvgIpc) is 3.73. The van der Waals surface area contributed by atoms with Crippen molar-refractivity contribution in [1.29, 1.82) is 0 Å². The van der Waals surface area contributed by atoms with Crippen LogP contribution in [0.2, 0.25) is 0 Å². The molecular formula is C24H30N6O2. The highest BCUT2D eigenvalue weighted by Crippen LogP contribution is 2.38. The Labute approximate surface area is 188 Å². The molecule has 2 aliphatic heterocycles. The highest BCUT2D eigenvalue weighted by Gasteiger charge is 2.36. The van der Waals surface area contributed by atoms with Crippen LogP contribution in [0, 0.1) is 0 Å². The Morgan fingerprint density at radius 1 is 1.09 bits per heavy atom. The predicted octanol–water partition coefficient (Wildman–Crippen LogP) is 3.13. The number of ether oxygens (including phenoxy) is 1. The van der Waals surface area contributed by atoms with Gasteiger partial charge in [0.05, 0.1) is 30.6 Å². The van der Waals surface area contributed by atoms with Crippen LogP contribution >= 0.6 is 0 Å². The molecule has 1 aromatic heterocycles. The number of rotatable bonds is 5. The fourth-order valence-electron chi connectivity index (χ4n) is 4.65. The smallest absolute Gasteiger partial charge is 0.319 e. The van der Waals surface area contributed by atoms with Crippen molar-refractivity contribution < 1.29 is 9.53 Å². The number of aromatic nitrogens is 2. The van der Waals surface area contributed by atoms with Crippen molar-refractivity contribution in [3.8, 4) is 11.3 Å². The second kappa shape index (κ2) is 8.01. The maximum atomic E-state index is 12.1. The molecular weight excluding hydrogens is 404 g/mol. The van der Waals surface area contributed by atoms with E-state index in [-0.39, 0.29) is 12.1 Å². The molecule has 0 radical (unpaired) electrons. The predicted molar refractivity (Wildman–Crippen MR) is 123 cm³/mol. The van der Waals surface area contributed by atoms with Crippen LogP contribution in [0.5, 0.6) is 0 Å². The van der Waals surface area contributed by atoms with Crippen LogP contribution in [0.1, 0.15) is 43.9 Å². The molecule has 2 saturated carbocycles. The zero-order valence-corrected chi connectivity index (χ0v) is 18.5. The third-order valence-corrected chi connectivity index (χ3v) is 6.81. The summed E-state index contributed by atoms with van der Waals surface area (Å²) in [5, 5.41) is 5.89. The second-order valence-corrected chi connectivity index (χ2v) is 9.50. The minimum Gasteiger partial charge on any atom is -0.377 e. The lowest BCUT2D eigenvalue weighted by Gasteiger charge is -2.33. The summed E-state index contributed by atoms with van der Waals surface area (Å²) >= 11 is 0. The standard InChI is InChI=1S/C24H30N6O2/c1-15-14-32-11-10-30(15)23-27-21-13-29(19-8-9-19)12-20(21)22(28-23)16-2-4-17(5-3-16)25-24(31)26-18-6-7-18/h2-5,15,18-19H,6-14H2,1H3,(H2,25,26,31). The summed E-state index contributed by atoms with van der Waals surface area (Å²) in [7, 11) is 0. The van der Waals surface area contributed by atoms with Crippen LogP contribution in [-0.2, 0) is 17.8 Å². The molecule has 8 heteroatoms. The van der Waals surface area contributed by atoms with Crippen LogP contribution in [0.25, 0.3) is 11.3 Å². The number of morpholine rings is 1. The largest absolute Gasteiger partial charge is 0.377 e. The summed E-state index contributed by atoms with van der Waals surface area (Å²) in [5.41, 5.74) is 5.27. The number of benzene rings is 1. The first-order valence-electron chi connectivity index (χ1n) is 11.8. The first-order chi connectivity index (χ1) is 15.6. The molecule has 1 unspecified atom stereocenters. The van der Waals surface area contributed by atoms with Gasteiger partial charge in [0.1, 0.15) is 0 Å². The normalized spacial score (nSPS) is 23.2. The van der Waals surface area contributed by atoms with Crippen molar-refractivity contribution in [2.45, 2.75) is 63.8 Å². The lowest BCUT2D eigenvalue weighted by molar-refractivity contribution is 0.0980. The Kier molecular flexibility index (Phi) is 4.99. The molecule has 4 aliphatic rings. The fraction of sp³-hybridized carbons (Fsp3) is 0.542. The highest BCUT2D eigenvalue weighted by molar-refractivity contribution is 5.90. The van der Waals surface area contributed by atoms with Gasteiger partial charge in [-0.05, 0) is 44.7 Å². The molecule has 8 nitrogen and oxygen atoms in total. The number of carbonyl (C=O) groups excluding carboxylic acids is 1. The van der Waals surface area contributed by atoms with E-state index in [4.69, 9.17) is 14.7 Å². The van der Waals surface area contributed by atoms with Crippen LogP contribution < -0.4 is 15.5 Å².